The van der Waals surface area contributed by atoms with E-state index in [4.69, 9.17) is 4.74 Å². The molecular weight excluding hydrogens is 256 g/mol. The third-order valence-corrected chi connectivity index (χ3v) is 5.34. The number of amides is 2. The molecule has 0 radical (unpaired) electrons. The van der Waals surface area contributed by atoms with Gasteiger partial charge >= 0.3 is 0 Å². The molecule has 2 amide bonds. The molecule has 5 nitrogen and oxygen atoms in total. The van der Waals surface area contributed by atoms with Crippen molar-refractivity contribution < 1.29 is 14.3 Å². The van der Waals surface area contributed by atoms with Gasteiger partial charge in [0.1, 0.15) is 6.04 Å². The Morgan fingerprint density at radius 2 is 2.15 bits per heavy atom. The first-order valence-electron chi connectivity index (χ1n) is 7.69. The lowest BCUT2D eigenvalue weighted by atomic mass is 9.68. The lowest BCUT2D eigenvalue weighted by molar-refractivity contribution is -0.165. The number of nitrogens with zero attached hydrogens (tertiary/aromatic N) is 2. The molecule has 0 unspecified atom stereocenters. The summed E-state index contributed by atoms with van der Waals surface area (Å²) in [4.78, 5) is 29.1. The van der Waals surface area contributed by atoms with Gasteiger partial charge in [-0.1, -0.05) is 6.42 Å². The van der Waals surface area contributed by atoms with Crippen LogP contribution in [0.4, 0.5) is 0 Å². The number of fused-ring (bicyclic) bond motifs is 1. The summed E-state index contributed by atoms with van der Waals surface area (Å²) < 4.78 is 5.27. The molecule has 20 heavy (non-hydrogen) atoms. The van der Waals surface area contributed by atoms with Crippen molar-refractivity contribution in [2.45, 2.75) is 51.1 Å². The van der Waals surface area contributed by atoms with Crippen LogP contribution in [-0.2, 0) is 14.3 Å². The van der Waals surface area contributed by atoms with E-state index in [0.717, 1.165) is 38.6 Å². The average molecular weight is 280 g/mol. The van der Waals surface area contributed by atoms with Crippen LogP contribution in [0.2, 0.25) is 0 Å². The van der Waals surface area contributed by atoms with Gasteiger partial charge in [-0.3, -0.25) is 9.59 Å². The Kier molecular flexibility index (Phi) is 3.48. The molecule has 1 aliphatic carbocycles. The van der Waals surface area contributed by atoms with Gasteiger partial charge in [-0.25, -0.2) is 0 Å². The Hall–Kier alpha value is -1.10. The molecule has 0 aromatic rings. The van der Waals surface area contributed by atoms with E-state index in [0.29, 0.717) is 13.2 Å². The Morgan fingerprint density at radius 1 is 1.40 bits per heavy atom. The molecule has 2 heterocycles. The molecule has 1 saturated carbocycles. The maximum absolute atomic E-state index is 12.9. The van der Waals surface area contributed by atoms with E-state index in [9.17, 15) is 9.59 Å². The second kappa shape index (κ2) is 5.02. The fourth-order valence-electron chi connectivity index (χ4n) is 3.94. The zero-order valence-corrected chi connectivity index (χ0v) is 12.4. The van der Waals surface area contributed by atoms with E-state index in [1.807, 2.05) is 16.7 Å². The van der Waals surface area contributed by atoms with Crippen LogP contribution >= 0.6 is 0 Å². The van der Waals surface area contributed by atoms with Crippen LogP contribution in [0.25, 0.3) is 0 Å². The summed E-state index contributed by atoms with van der Waals surface area (Å²) in [6.07, 6.45) is 4.96. The lowest BCUT2D eigenvalue weighted by Crippen LogP contribution is -2.63. The summed E-state index contributed by atoms with van der Waals surface area (Å²) in [7, 11) is 1.65. The van der Waals surface area contributed by atoms with E-state index in [1.165, 1.54) is 0 Å². The molecule has 2 atom stereocenters. The minimum Gasteiger partial charge on any atom is -0.384 e. The standard InChI is InChI=1S/C15H24N2O3/c1-11-13(18)16-8-3-5-12(16)9-17(11)14(19)15(10-20-2)6-4-7-15/h11-12H,3-10H2,1-2H3/t11-,12-/m1/s1. The Morgan fingerprint density at radius 3 is 2.75 bits per heavy atom. The first-order chi connectivity index (χ1) is 9.59. The molecular formula is C15H24N2O3. The van der Waals surface area contributed by atoms with E-state index in [-0.39, 0.29) is 29.3 Å². The van der Waals surface area contributed by atoms with Gasteiger partial charge in [0.05, 0.1) is 12.0 Å². The van der Waals surface area contributed by atoms with Gasteiger partial charge in [0.25, 0.3) is 0 Å². The molecule has 5 heteroatoms. The predicted octanol–water partition coefficient (Wildman–Crippen LogP) is 1.02. The quantitative estimate of drug-likeness (QED) is 0.775. The number of ether oxygens (including phenoxy) is 1. The van der Waals surface area contributed by atoms with Gasteiger partial charge in [-0.2, -0.15) is 0 Å². The SMILES string of the molecule is COCC1(C(=O)N2C[C@H]3CCCN3C(=O)[C@H]2C)CCC1. The molecule has 0 aromatic carbocycles. The van der Waals surface area contributed by atoms with Crippen molar-refractivity contribution in [3.8, 4) is 0 Å². The summed E-state index contributed by atoms with van der Waals surface area (Å²) in [5.74, 6) is 0.261. The maximum Gasteiger partial charge on any atom is 0.245 e. The summed E-state index contributed by atoms with van der Waals surface area (Å²) in [6, 6.07) is -0.0755. The summed E-state index contributed by atoms with van der Waals surface area (Å²) in [5.41, 5.74) is -0.357. The summed E-state index contributed by atoms with van der Waals surface area (Å²) in [5, 5.41) is 0. The molecule has 2 aliphatic heterocycles. The van der Waals surface area contributed by atoms with Gasteiger partial charge in [0, 0.05) is 26.2 Å². The van der Waals surface area contributed by atoms with Crippen LogP contribution in [0.15, 0.2) is 0 Å². The van der Waals surface area contributed by atoms with Gasteiger partial charge in [-0.05, 0) is 32.6 Å². The fourth-order valence-corrected chi connectivity index (χ4v) is 3.94. The highest BCUT2D eigenvalue weighted by atomic mass is 16.5. The molecule has 0 bridgehead atoms. The molecule has 2 saturated heterocycles. The maximum atomic E-state index is 12.9. The highest BCUT2D eigenvalue weighted by molar-refractivity contribution is 5.92. The third kappa shape index (κ3) is 1.94. The number of methoxy groups -OCH3 is 1. The van der Waals surface area contributed by atoms with Crippen LogP contribution in [0, 0.1) is 5.41 Å². The first-order valence-corrected chi connectivity index (χ1v) is 7.69. The van der Waals surface area contributed by atoms with E-state index < -0.39 is 0 Å². The van der Waals surface area contributed by atoms with Crippen LogP contribution in [0.3, 0.4) is 0 Å². The van der Waals surface area contributed by atoms with Crippen molar-refractivity contribution in [3.63, 3.8) is 0 Å². The number of hydrogen-bond donors (Lipinski definition) is 0. The highest BCUT2D eigenvalue weighted by Crippen LogP contribution is 2.44. The highest BCUT2D eigenvalue weighted by Gasteiger charge is 2.51. The average Bonchev–Trinajstić information content (AvgIpc) is 2.86. The summed E-state index contributed by atoms with van der Waals surface area (Å²) >= 11 is 0. The van der Waals surface area contributed by atoms with Crippen molar-refractivity contribution in [3.05, 3.63) is 0 Å². The largest absolute Gasteiger partial charge is 0.384 e. The van der Waals surface area contributed by atoms with Crippen LogP contribution in [-0.4, -0.2) is 60.5 Å². The van der Waals surface area contributed by atoms with Crippen molar-refractivity contribution in [1.29, 1.82) is 0 Å². The van der Waals surface area contributed by atoms with Crippen LogP contribution in [0.5, 0.6) is 0 Å². The fraction of sp³-hybridized carbons (Fsp3) is 0.867. The molecule has 0 N–H and O–H groups in total. The number of carbonyl (C=O) groups is 2. The molecule has 0 spiro atoms. The Labute approximate surface area is 120 Å². The third-order valence-electron chi connectivity index (χ3n) is 5.34. The molecule has 3 fully saturated rings. The number of hydrogen-bond acceptors (Lipinski definition) is 3. The normalized spacial score (nSPS) is 32.0. The monoisotopic (exact) mass is 280 g/mol. The number of rotatable bonds is 3. The molecule has 112 valence electrons. The van der Waals surface area contributed by atoms with Crippen molar-refractivity contribution in [2.75, 3.05) is 26.8 Å². The number of carbonyl (C=O) groups excluding carboxylic acids is 2. The van der Waals surface area contributed by atoms with Crippen LogP contribution in [0.1, 0.15) is 39.0 Å². The zero-order chi connectivity index (χ0) is 14.3. The Balaban J connectivity index is 1.78. The van der Waals surface area contributed by atoms with Crippen molar-refractivity contribution in [1.82, 2.24) is 9.80 Å². The van der Waals surface area contributed by atoms with E-state index in [1.54, 1.807) is 7.11 Å². The topological polar surface area (TPSA) is 49.9 Å². The smallest absolute Gasteiger partial charge is 0.245 e. The van der Waals surface area contributed by atoms with Gasteiger partial charge in [-0.15, -0.1) is 0 Å². The minimum absolute atomic E-state index is 0.124. The summed E-state index contributed by atoms with van der Waals surface area (Å²) in [6.45, 7) is 3.92. The molecule has 3 rings (SSSR count). The predicted molar refractivity (Wildman–Crippen MR) is 74.1 cm³/mol. The second-order valence-corrected chi connectivity index (χ2v) is 6.53. The van der Waals surface area contributed by atoms with E-state index in [2.05, 4.69) is 0 Å². The van der Waals surface area contributed by atoms with E-state index >= 15 is 0 Å². The minimum atomic E-state index is -0.357. The molecule has 0 aromatic heterocycles. The first kappa shape index (κ1) is 13.9. The second-order valence-electron chi connectivity index (χ2n) is 6.53. The molecule has 3 aliphatic rings. The number of piperazine rings is 1. The Bertz CT molecular complexity index is 419. The zero-order valence-electron chi connectivity index (χ0n) is 12.4. The van der Waals surface area contributed by atoms with Crippen LogP contribution < -0.4 is 0 Å². The van der Waals surface area contributed by atoms with Crippen molar-refractivity contribution in [2.24, 2.45) is 5.41 Å². The van der Waals surface area contributed by atoms with Gasteiger partial charge in [0.15, 0.2) is 0 Å². The van der Waals surface area contributed by atoms with Gasteiger partial charge in [0.2, 0.25) is 11.8 Å². The van der Waals surface area contributed by atoms with Gasteiger partial charge < -0.3 is 14.5 Å². The van der Waals surface area contributed by atoms with Crippen molar-refractivity contribution >= 4 is 11.8 Å². The lowest BCUT2D eigenvalue weighted by Gasteiger charge is -2.48.